The Bertz CT molecular complexity index is 921. The fourth-order valence-corrected chi connectivity index (χ4v) is 2.89. The number of halogens is 2. The molecule has 1 amide bonds. The van der Waals surface area contributed by atoms with Crippen molar-refractivity contribution in [3.8, 4) is 5.75 Å². The number of nitro groups is 1. The van der Waals surface area contributed by atoms with Crippen LogP contribution >= 0.6 is 23.2 Å². The second-order valence-electron chi connectivity index (χ2n) is 6.63. The van der Waals surface area contributed by atoms with Crippen LogP contribution in [0.15, 0.2) is 36.4 Å². The molecule has 0 bridgehead atoms. The largest absolute Gasteiger partial charge is 0.489 e. The van der Waals surface area contributed by atoms with E-state index >= 15 is 0 Å². The molecule has 3 N–H and O–H groups in total. The first-order valence-corrected chi connectivity index (χ1v) is 9.69. The van der Waals surface area contributed by atoms with Gasteiger partial charge >= 0.3 is 0 Å². The number of aliphatic hydroxyl groups is 1. The van der Waals surface area contributed by atoms with E-state index in [0.29, 0.717) is 16.5 Å². The second kappa shape index (κ2) is 9.30. The molecule has 3 rings (SSSR count). The molecular weight excluding hydrogens is 421 g/mol. The van der Waals surface area contributed by atoms with Crippen molar-refractivity contribution in [2.45, 2.75) is 25.0 Å². The van der Waals surface area contributed by atoms with Crippen molar-refractivity contribution in [2.75, 3.05) is 18.5 Å². The standard InChI is InChI=1S/C19H19Cl2N3O5/c20-14-2-1-3-17(18(14)21)29-10-13(25)9-22-19(26)11-4-7-15(23-12-5-6-12)16(8-11)24(27)28/h1-4,7-8,12-13,23,25H,5-6,9-10H2,(H,22,26). The molecule has 0 heterocycles. The number of carbonyl (C=O) groups excluding carboxylic acids is 1. The summed E-state index contributed by atoms with van der Waals surface area (Å²) in [4.78, 5) is 23.1. The Morgan fingerprint density at radius 3 is 2.76 bits per heavy atom. The average molecular weight is 440 g/mol. The summed E-state index contributed by atoms with van der Waals surface area (Å²) in [6.45, 7) is -0.225. The smallest absolute Gasteiger partial charge is 0.293 e. The van der Waals surface area contributed by atoms with Gasteiger partial charge in [-0.05, 0) is 37.1 Å². The summed E-state index contributed by atoms with van der Waals surface area (Å²) in [5, 5.41) is 27.5. The normalized spacial score (nSPS) is 14.2. The van der Waals surface area contributed by atoms with Crippen LogP contribution in [0.2, 0.25) is 10.0 Å². The Hall–Kier alpha value is -2.55. The molecule has 1 atom stereocenters. The molecule has 1 aliphatic rings. The zero-order chi connectivity index (χ0) is 21.0. The van der Waals surface area contributed by atoms with Crippen LogP contribution in [0.3, 0.4) is 0 Å². The van der Waals surface area contributed by atoms with E-state index in [-0.39, 0.29) is 35.5 Å². The highest BCUT2D eigenvalue weighted by Crippen LogP contribution is 2.32. The number of hydrogen-bond acceptors (Lipinski definition) is 6. The van der Waals surface area contributed by atoms with E-state index in [2.05, 4.69) is 10.6 Å². The minimum Gasteiger partial charge on any atom is -0.489 e. The highest BCUT2D eigenvalue weighted by atomic mass is 35.5. The van der Waals surface area contributed by atoms with Crippen molar-refractivity contribution >= 4 is 40.5 Å². The van der Waals surface area contributed by atoms with Crippen molar-refractivity contribution < 1.29 is 19.6 Å². The number of nitrogens with zero attached hydrogens (tertiary/aromatic N) is 1. The first-order chi connectivity index (χ1) is 13.8. The van der Waals surface area contributed by atoms with E-state index in [1.54, 1.807) is 18.2 Å². The summed E-state index contributed by atoms with van der Waals surface area (Å²) >= 11 is 11.9. The molecule has 1 saturated carbocycles. The van der Waals surface area contributed by atoms with Crippen LogP contribution in [0, 0.1) is 10.1 Å². The van der Waals surface area contributed by atoms with Crippen LogP contribution in [0.4, 0.5) is 11.4 Å². The molecule has 0 aromatic heterocycles. The summed E-state index contributed by atoms with van der Waals surface area (Å²) in [6.07, 6.45) is 0.930. The molecule has 2 aromatic carbocycles. The van der Waals surface area contributed by atoms with Gasteiger partial charge in [0.1, 0.15) is 29.2 Å². The second-order valence-corrected chi connectivity index (χ2v) is 7.42. The maximum Gasteiger partial charge on any atom is 0.293 e. The van der Waals surface area contributed by atoms with Crippen LogP contribution in [-0.4, -0.2) is 41.2 Å². The number of carbonyl (C=O) groups is 1. The van der Waals surface area contributed by atoms with Gasteiger partial charge in [0.15, 0.2) is 0 Å². The van der Waals surface area contributed by atoms with Crippen molar-refractivity contribution in [2.24, 2.45) is 0 Å². The number of rotatable bonds is 9. The quantitative estimate of drug-likeness (QED) is 0.405. The van der Waals surface area contributed by atoms with Crippen LogP contribution in [-0.2, 0) is 0 Å². The van der Waals surface area contributed by atoms with Crippen molar-refractivity contribution in [3.05, 3.63) is 62.1 Å². The topological polar surface area (TPSA) is 114 Å². The number of nitrogens with one attached hydrogen (secondary N) is 2. The fraction of sp³-hybridized carbons (Fsp3) is 0.316. The summed E-state index contributed by atoms with van der Waals surface area (Å²) in [5.41, 5.74) is 0.356. The first kappa shape index (κ1) is 21.2. The molecule has 0 spiro atoms. The molecule has 1 unspecified atom stereocenters. The summed E-state index contributed by atoms with van der Waals surface area (Å²) in [5.74, 6) is -0.218. The molecule has 1 fully saturated rings. The van der Waals surface area contributed by atoms with E-state index in [4.69, 9.17) is 27.9 Å². The summed E-state index contributed by atoms with van der Waals surface area (Å²) in [7, 11) is 0. The third-order valence-corrected chi connectivity index (χ3v) is 5.04. The molecule has 0 radical (unpaired) electrons. The van der Waals surface area contributed by atoms with Gasteiger partial charge in [-0.25, -0.2) is 0 Å². The number of benzene rings is 2. The molecule has 0 aliphatic heterocycles. The van der Waals surface area contributed by atoms with Gasteiger partial charge in [0.25, 0.3) is 11.6 Å². The predicted octanol–water partition coefficient (Wildman–Crippen LogP) is 3.65. The van der Waals surface area contributed by atoms with Crippen LogP contribution in [0.25, 0.3) is 0 Å². The van der Waals surface area contributed by atoms with E-state index in [1.165, 1.54) is 18.2 Å². The Morgan fingerprint density at radius 1 is 1.31 bits per heavy atom. The number of anilines is 1. The molecule has 29 heavy (non-hydrogen) atoms. The van der Waals surface area contributed by atoms with Gasteiger partial charge in [-0.15, -0.1) is 0 Å². The Labute approximate surface area is 176 Å². The lowest BCUT2D eigenvalue weighted by Crippen LogP contribution is -2.35. The maximum atomic E-state index is 12.3. The summed E-state index contributed by atoms with van der Waals surface area (Å²) in [6, 6.07) is 9.36. The van der Waals surface area contributed by atoms with Gasteiger partial charge < -0.3 is 20.5 Å². The average Bonchev–Trinajstić information content (AvgIpc) is 3.51. The van der Waals surface area contributed by atoms with E-state index in [1.807, 2.05) is 0 Å². The van der Waals surface area contributed by atoms with Crippen molar-refractivity contribution in [1.29, 1.82) is 0 Å². The molecule has 2 aromatic rings. The molecule has 154 valence electrons. The Kier molecular flexibility index (Phi) is 6.79. The predicted molar refractivity (Wildman–Crippen MR) is 110 cm³/mol. The fourth-order valence-electron chi connectivity index (χ4n) is 2.55. The zero-order valence-electron chi connectivity index (χ0n) is 15.2. The van der Waals surface area contributed by atoms with Gasteiger partial charge in [-0.3, -0.25) is 14.9 Å². The highest BCUT2D eigenvalue weighted by molar-refractivity contribution is 6.42. The van der Waals surface area contributed by atoms with Crippen molar-refractivity contribution in [3.63, 3.8) is 0 Å². The molecule has 8 nitrogen and oxygen atoms in total. The van der Waals surface area contributed by atoms with E-state index in [9.17, 15) is 20.0 Å². The van der Waals surface area contributed by atoms with E-state index < -0.39 is 16.9 Å². The lowest BCUT2D eigenvalue weighted by molar-refractivity contribution is -0.384. The minimum absolute atomic E-state index is 0.104. The molecule has 0 saturated heterocycles. The number of amides is 1. The number of ether oxygens (including phenoxy) is 1. The van der Waals surface area contributed by atoms with Gasteiger partial charge in [0, 0.05) is 24.2 Å². The third-order valence-electron chi connectivity index (χ3n) is 4.24. The molecule has 10 heteroatoms. The lowest BCUT2D eigenvalue weighted by atomic mass is 10.1. The van der Waals surface area contributed by atoms with Gasteiger partial charge in [-0.2, -0.15) is 0 Å². The molecule has 1 aliphatic carbocycles. The Balaban J connectivity index is 1.54. The first-order valence-electron chi connectivity index (χ1n) is 8.93. The Morgan fingerprint density at radius 2 is 2.07 bits per heavy atom. The van der Waals surface area contributed by atoms with Gasteiger partial charge in [-0.1, -0.05) is 29.3 Å². The monoisotopic (exact) mass is 439 g/mol. The van der Waals surface area contributed by atoms with Crippen LogP contribution < -0.4 is 15.4 Å². The maximum absolute atomic E-state index is 12.3. The van der Waals surface area contributed by atoms with Crippen LogP contribution in [0.1, 0.15) is 23.2 Å². The number of aliphatic hydroxyl groups excluding tert-OH is 1. The molecular formula is C19H19Cl2N3O5. The third kappa shape index (κ3) is 5.72. The van der Waals surface area contributed by atoms with Crippen molar-refractivity contribution in [1.82, 2.24) is 5.32 Å². The highest BCUT2D eigenvalue weighted by Gasteiger charge is 2.25. The SMILES string of the molecule is O=C(NCC(O)COc1cccc(Cl)c1Cl)c1ccc(NC2CC2)c([N+](=O)[O-])c1. The number of hydrogen-bond donors (Lipinski definition) is 3. The van der Waals surface area contributed by atoms with Gasteiger partial charge in [0.05, 0.1) is 9.95 Å². The lowest BCUT2D eigenvalue weighted by Gasteiger charge is -2.14. The van der Waals surface area contributed by atoms with Gasteiger partial charge in [0.2, 0.25) is 0 Å². The minimum atomic E-state index is -1.01. The van der Waals surface area contributed by atoms with E-state index in [0.717, 1.165) is 12.8 Å². The van der Waals surface area contributed by atoms with Crippen LogP contribution in [0.5, 0.6) is 5.75 Å². The summed E-state index contributed by atoms with van der Waals surface area (Å²) < 4.78 is 5.41. The zero-order valence-corrected chi connectivity index (χ0v) is 16.7. The number of nitro benzene ring substituents is 1.